The van der Waals surface area contributed by atoms with Crippen LogP contribution in [-0.4, -0.2) is 50.2 Å². The van der Waals surface area contributed by atoms with Gasteiger partial charge in [0.25, 0.3) is 0 Å². The maximum Gasteiger partial charge on any atom is 0.241 e. The van der Waals surface area contributed by atoms with E-state index < -0.39 is 11.2 Å². The second-order valence-corrected chi connectivity index (χ2v) is 8.66. The van der Waals surface area contributed by atoms with Crippen LogP contribution in [0.25, 0.3) is 0 Å². The first-order valence-corrected chi connectivity index (χ1v) is 10.6. The van der Waals surface area contributed by atoms with Gasteiger partial charge in [0.2, 0.25) is 17.7 Å². The highest BCUT2D eigenvalue weighted by Gasteiger charge is 2.55. The van der Waals surface area contributed by atoms with Gasteiger partial charge in [0.15, 0.2) is 0 Å². The number of carbonyl (C=O) groups is 3. The molecule has 1 unspecified atom stereocenters. The lowest BCUT2D eigenvalue weighted by atomic mass is 9.75. The number of halogens is 1. The Morgan fingerprint density at radius 2 is 2.03 bits per heavy atom. The monoisotopic (exact) mass is 426 g/mol. The van der Waals surface area contributed by atoms with Crippen LogP contribution in [0.4, 0.5) is 4.39 Å². The average molecular weight is 426 g/mol. The molecule has 1 aromatic heterocycles. The van der Waals surface area contributed by atoms with Crippen LogP contribution in [0.15, 0.2) is 36.7 Å². The predicted octanol–water partition coefficient (Wildman–Crippen LogP) is 2.55. The summed E-state index contributed by atoms with van der Waals surface area (Å²) in [6.45, 7) is 0.274. The maximum atomic E-state index is 14.1. The molecule has 2 heterocycles. The van der Waals surface area contributed by atoms with Crippen molar-refractivity contribution in [2.45, 2.75) is 56.5 Å². The fourth-order valence-corrected chi connectivity index (χ4v) is 4.79. The van der Waals surface area contributed by atoms with Gasteiger partial charge in [-0.1, -0.05) is 25.0 Å². The van der Waals surface area contributed by atoms with Gasteiger partial charge in [-0.25, -0.2) is 9.37 Å². The van der Waals surface area contributed by atoms with Crippen molar-refractivity contribution in [1.82, 2.24) is 19.4 Å². The van der Waals surface area contributed by atoms with Crippen molar-refractivity contribution in [2.75, 3.05) is 7.05 Å². The molecule has 8 heteroatoms. The molecule has 164 valence electrons. The molecule has 3 amide bonds. The number of hydrogen-bond acceptors (Lipinski definition) is 4. The summed E-state index contributed by atoms with van der Waals surface area (Å²) in [4.78, 5) is 46.9. The van der Waals surface area contributed by atoms with E-state index in [0.29, 0.717) is 11.4 Å². The molecule has 7 nitrogen and oxygen atoms in total. The van der Waals surface area contributed by atoms with E-state index in [1.54, 1.807) is 25.5 Å². The predicted molar refractivity (Wildman–Crippen MR) is 111 cm³/mol. The lowest BCUT2D eigenvalue weighted by Crippen LogP contribution is -2.45. The fraction of sp³-hybridized carbons (Fsp3) is 0.478. The van der Waals surface area contributed by atoms with Gasteiger partial charge < -0.3 is 9.47 Å². The number of aromatic nitrogens is 2. The average Bonchev–Trinajstić information content (AvgIpc) is 3.44. The molecule has 2 aromatic rings. The van der Waals surface area contributed by atoms with Gasteiger partial charge in [0.1, 0.15) is 11.6 Å². The number of benzene rings is 1. The molecule has 1 aromatic carbocycles. The van der Waals surface area contributed by atoms with E-state index in [1.165, 1.54) is 28.0 Å². The Morgan fingerprint density at radius 1 is 1.29 bits per heavy atom. The maximum absolute atomic E-state index is 14.1. The summed E-state index contributed by atoms with van der Waals surface area (Å²) in [5.41, 5.74) is -1.00. The number of nitrogens with zero attached hydrogens (tertiary/aromatic N) is 4. The fourth-order valence-electron chi connectivity index (χ4n) is 4.79. The molecule has 1 aliphatic heterocycles. The number of imide groups is 1. The Kier molecular flexibility index (Phi) is 5.64. The number of carbonyl (C=O) groups excluding carboxylic acids is 3. The first-order valence-electron chi connectivity index (χ1n) is 10.6. The Hall–Kier alpha value is -3.03. The molecule has 1 saturated heterocycles. The van der Waals surface area contributed by atoms with E-state index in [-0.39, 0.29) is 43.1 Å². The van der Waals surface area contributed by atoms with Gasteiger partial charge in [-0.05, 0) is 30.5 Å². The van der Waals surface area contributed by atoms with Crippen LogP contribution in [0.1, 0.15) is 49.9 Å². The van der Waals surface area contributed by atoms with Crippen LogP contribution in [-0.2, 0) is 33.4 Å². The van der Waals surface area contributed by atoms with E-state index in [4.69, 9.17) is 0 Å². The van der Waals surface area contributed by atoms with E-state index in [1.807, 2.05) is 11.6 Å². The first-order chi connectivity index (χ1) is 14.8. The van der Waals surface area contributed by atoms with Crippen molar-refractivity contribution in [3.05, 3.63) is 53.9 Å². The molecule has 2 fully saturated rings. The summed E-state index contributed by atoms with van der Waals surface area (Å²) < 4.78 is 15.9. The summed E-state index contributed by atoms with van der Waals surface area (Å²) >= 11 is 0. The van der Waals surface area contributed by atoms with E-state index in [2.05, 4.69) is 4.98 Å². The molecular weight excluding hydrogens is 399 g/mol. The minimum absolute atomic E-state index is 0.117. The van der Waals surface area contributed by atoms with Gasteiger partial charge in [-0.3, -0.25) is 19.3 Å². The van der Waals surface area contributed by atoms with Crippen molar-refractivity contribution in [3.8, 4) is 0 Å². The third-order valence-electron chi connectivity index (χ3n) is 6.60. The molecule has 1 aliphatic carbocycles. The highest BCUT2D eigenvalue weighted by atomic mass is 19.1. The number of imidazole rings is 1. The number of hydrogen-bond donors (Lipinski definition) is 0. The summed E-state index contributed by atoms with van der Waals surface area (Å²) in [7, 11) is 3.49. The minimum Gasteiger partial charge on any atom is -0.338 e. The van der Waals surface area contributed by atoms with E-state index >= 15 is 0 Å². The zero-order chi connectivity index (χ0) is 22.2. The summed E-state index contributed by atoms with van der Waals surface area (Å²) in [6, 6.07) is 5.59. The van der Waals surface area contributed by atoms with Crippen molar-refractivity contribution in [1.29, 1.82) is 0 Å². The molecule has 0 spiro atoms. The van der Waals surface area contributed by atoms with Crippen molar-refractivity contribution in [3.63, 3.8) is 0 Å². The van der Waals surface area contributed by atoms with Crippen LogP contribution >= 0.6 is 0 Å². The molecule has 31 heavy (non-hydrogen) atoms. The second kappa shape index (κ2) is 8.24. The minimum atomic E-state index is -1.38. The standard InChI is InChI=1S/C23H27FN4O3/c1-26-11-10-25-19(26)15-27(2)20(29)13-23(16-6-5-7-17(24)12-16)14-21(30)28(22(23)31)18-8-3-4-9-18/h5-7,10-12,18H,3-4,8-9,13-15H2,1-2H3. The van der Waals surface area contributed by atoms with Crippen LogP contribution in [0.5, 0.6) is 0 Å². The molecule has 1 atom stereocenters. The second-order valence-electron chi connectivity index (χ2n) is 8.66. The Morgan fingerprint density at radius 3 is 2.68 bits per heavy atom. The van der Waals surface area contributed by atoms with E-state index in [9.17, 15) is 18.8 Å². The number of amides is 3. The highest BCUT2D eigenvalue weighted by Crippen LogP contribution is 2.43. The van der Waals surface area contributed by atoms with Crippen molar-refractivity contribution < 1.29 is 18.8 Å². The van der Waals surface area contributed by atoms with Gasteiger partial charge >= 0.3 is 0 Å². The molecule has 0 radical (unpaired) electrons. The topological polar surface area (TPSA) is 75.5 Å². The van der Waals surface area contributed by atoms with Crippen molar-refractivity contribution >= 4 is 17.7 Å². The number of rotatable bonds is 6. The lowest BCUT2D eigenvalue weighted by molar-refractivity contribution is -0.144. The smallest absolute Gasteiger partial charge is 0.241 e. The third-order valence-corrected chi connectivity index (χ3v) is 6.60. The normalized spacial score (nSPS) is 21.8. The summed E-state index contributed by atoms with van der Waals surface area (Å²) in [5, 5.41) is 0. The molecular formula is C23H27FN4O3. The van der Waals surface area contributed by atoms with Gasteiger partial charge in [0.05, 0.1) is 12.0 Å². The quantitative estimate of drug-likeness (QED) is 0.666. The van der Waals surface area contributed by atoms with Crippen LogP contribution in [0.3, 0.4) is 0 Å². The molecule has 1 saturated carbocycles. The summed E-state index contributed by atoms with van der Waals surface area (Å²) in [6.07, 6.45) is 6.65. The zero-order valence-corrected chi connectivity index (χ0v) is 17.9. The molecule has 0 N–H and O–H groups in total. The Bertz CT molecular complexity index is 1010. The van der Waals surface area contributed by atoms with Gasteiger partial charge in [-0.2, -0.15) is 0 Å². The van der Waals surface area contributed by atoms with Gasteiger partial charge in [-0.15, -0.1) is 0 Å². The molecule has 0 bridgehead atoms. The number of aryl methyl sites for hydroxylation is 1. The van der Waals surface area contributed by atoms with Crippen LogP contribution in [0, 0.1) is 5.82 Å². The zero-order valence-electron chi connectivity index (χ0n) is 17.9. The summed E-state index contributed by atoms with van der Waals surface area (Å²) in [5.74, 6) is -0.738. The highest BCUT2D eigenvalue weighted by molar-refractivity contribution is 6.11. The van der Waals surface area contributed by atoms with E-state index in [0.717, 1.165) is 25.7 Å². The number of likely N-dealkylation sites (tertiary alicyclic amines) is 1. The largest absolute Gasteiger partial charge is 0.338 e. The van der Waals surface area contributed by atoms with Crippen LogP contribution in [0.2, 0.25) is 0 Å². The van der Waals surface area contributed by atoms with Gasteiger partial charge in [0, 0.05) is 45.4 Å². The molecule has 2 aliphatic rings. The lowest BCUT2D eigenvalue weighted by Gasteiger charge is -2.30. The molecule has 4 rings (SSSR count). The Labute approximate surface area is 180 Å². The van der Waals surface area contributed by atoms with Crippen LogP contribution < -0.4 is 0 Å². The first kappa shape index (κ1) is 21.2. The Balaban J connectivity index is 1.65. The SMILES string of the molecule is CN(Cc1nccn1C)C(=O)CC1(c2cccc(F)c2)CC(=O)N(C2CCCC2)C1=O. The third kappa shape index (κ3) is 3.86. The van der Waals surface area contributed by atoms with Crippen molar-refractivity contribution in [2.24, 2.45) is 7.05 Å².